The number of ketones is 1. The lowest BCUT2D eigenvalue weighted by atomic mass is 9.95. The van der Waals surface area contributed by atoms with Gasteiger partial charge in [0.25, 0.3) is 5.78 Å². The fourth-order valence-electron chi connectivity index (χ4n) is 4.57. The number of ether oxygens (including phenoxy) is 3. The van der Waals surface area contributed by atoms with E-state index in [1.807, 2.05) is 19.9 Å². The van der Waals surface area contributed by atoms with E-state index in [2.05, 4.69) is 4.98 Å². The number of amides is 1. The summed E-state index contributed by atoms with van der Waals surface area (Å²) in [7, 11) is 1.40. The average molecular weight is 561 g/mol. The van der Waals surface area contributed by atoms with Gasteiger partial charge in [0.2, 0.25) is 0 Å². The molecule has 1 fully saturated rings. The molecule has 1 aliphatic rings. The van der Waals surface area contributed by atoms with Crippen molar-refractivity contribution in [1.29, 1.82) is 0 Å². The predicted octanol–water partition coefficient (Wildman–Crippen LogP) is 5.82. The number of aliphatic hydroxyl groups is 1. The number of aliphatic hydroxyl groups excluding tert-OH is 1. The lowest BCUT2D eigenvalue weighted by molar-refractivity contribution is -0.132. The Bertz CT molecular complexity index is 1630. The van der Waals surface area contributed by atoms with Crippen molar-refractivity contribution in [2.24, 2.45) is 0 Å². The standard InChI is InChI=1S/C30H28N2O7S/c1-4-13-39-19-8-6-7-18(14-19)27(34)25-26(17-9-12-22(33)23(15-17)37-3)32(29(36)28(25)35)30-31-21-11-10-20(38-5-2)16-24(21)40-30/h6-12,14-16,26,33-34H,4-5,13H2,1-3H3/b27-25+. The number of hydrogen-bond acceptors (Lipinski definition) is 9. The minimum absolute atomic E-state index is 0.104. The number of methoxy groups -OCH3 is 1. The molecule has 1 atom stereocenters. The van der Waals surface area contributed by atoms with E-state index in [1.54, 1.807) is 42.5 Å². The van der Waals surface area contributed by atoms with E-state index in [4.69, 9.17) is 14.2 Å². The topological polar surface area (TPSA) is 118 Å². The summed E-state index contributed by atoms with van der Waals surface area (Å²) >= 11 is 1.23. The van der Waals surface area contributed by atoms with E-state index in [-0.39, 0.29) is 28.0 Å². The lowest BCUT2D eigenvalue weighted by Crippen LogP contribution is -2.29. The third-order valence-corrected chi connectivity index (χ3v) is 7.43. The Labute approximate surface area is 234 Å². The van der Waals surface area contributed by atoms with Crippen LogP contribution in [-0.4, -0.2) is 47.2 Å². The first-order valence-corrected chi connectivity index (χ1v) is 13.6. The number of carbonyl (C=O) groups is 2. The first-order chi connectivity index (χ1) is 19.4. The van der Waals surface area contributed by atoms with Crippen molar-refractivity contribution in [3.05, 3.63) is 77.4 Å². The Morgan fingerprint density at radius 1 is 1.02 bits per heavy atom. The molecule has 5 rings (SSSR count). The summed E-state index contributed by atoms with van der Waals surface area (Å²) in [6.07, 6.45) is 0.804. The maximum Gasteiger partial charge on any atom is 0.301 e. The molecule has 206 valence electrons. The fourth-order valence-corrected chi connectivity index (χ4v) is 5.59. The summed E-state index contributed by atoms with van der Waals surface area (Å²) in [5.74, 6) is -0.794. The fraction of sp³-hybridized carbons (Fsp3) is 0.233. The number of carbonyl (C=O) groups excluding carboxylic acids is 2. The third-order valence-electron chi connectivity index (χ3n) is 6.41. The molecule has 0 aliphatic carbocycles. The van der Waals surface area contributed by atoms with Gasteiger partial charge in [0.05, 0.1) is 42.2 Å². The number of thiazole rings is 1. The molecule has 4 aromatic rings. The highest BCUT2D eigenvalue weighted by Crippen LogP contribution is 2.46. The van der Waals surface area contributed by atoms with Crippen LogP contribution in [0.1, 0.15) is 37.4 Å². The van der Waals surface area contributed by atoms with Crippen LogP contribution in [0.3, 0.4) is 0 Å². The molecule has 10 heteroatoms. The number of phenols is 1. The summed E-state index contributed by atoms with van der Waals surface area (Å²) in [5.41, 5.74) is 1.30. The normalized spacial score (nSPS) is 16.5. The number of rotatable bonds is 9. The molecule has 1 unspecified atom stereocenters. The zero-order valence-electron chi connectivity index (χ0n) is 22.2. The second-order valence-electron chi connectivity index (χ2n) is 9.04. The number of anilines is 1. The monoisotopic (exact) mass is 560 g/mol. The molecule has 0 saturated carbocycles. The van der Waals surface area contributed by atoms with Crippen LogP contribution in [-0.2, 0) is 9.59 Å². The van der Waals surface area contributed by atoms with Crippen LogP contribution in [0.15, 0.2) is 66.2 Å². The van der Waals surface area contributed by atoms with Crippen molar-refractivity contribution in [3.63, 3.8) is 0 Å². The predicted molar refractivity (Wildman–Crippen MR) is 152 cm³/mol. The second kappa shape index (κ2) is 11.3. The van der Waals surface area contributed by atoms with Crippen LogP contribution in [0.2, 0.25) is 0 Å². The Balaban J connectivity index is 1.69. The van der Waals surface area contributed by atoms with Crippen LogP contribution in [0.5, 0.6) is 23.0 Å². The van der Waals surface area contributed by atoms with Gasteiger partial charge in [0.1, 0.15) is 17.3 Å². The summed E-state index contributed by atoms with van der Waals surface area (Å²) in [6, 6.07) is 15.6. The summed E-state index contributed by atoms with van der Waals surface area (Å²) in [5, 5.41) is 22.0. The smallest absolute Gasteiger partial charge is 0.301 e. The first-order valence-electron chi connectivity index (χ1n) is 12.8. The number of Topliss-reactive ketones (excluding diaryl/α,β-unsaturated/α-hetero) is 1. The van der Waals surface area contributed by atoms with Gasteiger partial charge >= 0.3 is 5.91 Å². The van der Waals surface area contributed by atoms with Gasteiger partial charge in [-0.2, -0.15) is 0 Å². The molecule has 1 amide bonds. The van der Waals surface area contributed by atoms with Gasteiger partial charge in [0.15, 0.2) is 16.6 Å². The van der Waals surface area contributed by atoms with Gasteiger partial charge < -0.3 is 24.4 Å². The van der Waals surface area contributed by atoms with Gasteiger partial charge in [-0.05, 0) is 61.4 Å². The highest BCUT2D eigenvalue weighted by Gasteiger charge is 2.48. The molecule has 9 nitrogen and oxygen atoms in total. The quantitative estimate of drug-likeness (QED) is 0.149. The van der Waals surface area contributed by atoms with E-state index >= 15 is 0 Å². The molecule has 3 aromatic carbocycles. The molecule has 1 aliphatic heterocycles. The maximum absolute atomic E-state index is 13.6. The number of fused-ring (bicyclic) bond motifs is 1. The molecule has 1 saturated heterocycles. The molecular formula is C30H28N2O7S. The number of aromatic nitrogens is 1. The molecule has 0 bridgehead atoms. The van der Waals surface area contributed by atoms with Gasteiger partial charge in [0, 0.05) is 5.56 Å². The van der Waals surface area contributed by atoms with Crippen LogP contribution in [0.4, 0.5) is 5.13 Å². The Morgan fingerprint density at radius 3 is 2.58 bits per heavy atom. The number of nitrogens with zero attached hydrogens (tertiary/aromatic N) is 2. The van der Waals surface area contributed by atoms with Crippen molar-refractivity contribution in [3.8, 4) is 23.0 Å². The first kappa shape index (κ1) is 27.0. The van der Waals surface area contributed by atoms with Crippen LogP contribution < -0.4 is 19.1 Å². The molecule has 40 heavy (non-hydrogen) atoms. The van der Waals surface area contributed by atoms with Crippen LogP contribution in [0.25, 0.3) is 16.0 Å². The molecule has 0 spiro atoms. The van der Waals surface area contributed by atoms with Crippen molar-refractivity contribution in [2.45, 2.75) is 26.3 Å². The molecule has 2 N–H and O–H groups in total. The minimum atomic E-state index is -1.04. The number of phenolic OH excluding ortho intramolecular Hbond substituents is 1. The molecule has 0 radical (unpaired) electrons. The Hall–Kier alpha value is -4.57. The van der Waals surface area contributed by atoms with Crippen LogP contribution in [0, 0.1) is 0 Å². The van der Waals surface area contributed by atoms with E-state index in [0.717, 1.165) is 11.1 Å². The molecule has 1 aromatic heterocycles. The zero-order chi connectivity index (χ0) is 28.4. The highest BCUT2D eigenvalue weighted by molar-refractivity contribution is 7.22. The SMILES string of the molecule is CCCOc1cccc(/C(O)=C2\C(=O)C(=O)N(c3nc4ccc(OCC)cc4s3)C2c2ccc(O)c(OC)c2)c1. The summed E-state index contributed by atoms with van der Waals surface area (Å²) < 4.78 is 17.4. The van der Waals surface area contributed by atoms with Gasteiger partial charge in [-0.25, -0.2) is 4.98 Å². The highest BCUT2D eigenvalue weighted by atomic mass is 32.1. The zero-order valence-corrected chi connectivity index (χ0v) is 23.0. The van der Waals surface area contributed by atoms with E-state index in [1.165, 1.54) is 35.5 Å². The average Bonchev–Trinajstić information content (AvgIpc) is 3.49. The molecule has 2 heterocycles. The van der Waals surface area contributed by atoms with Gasteiger partial charge in [-0.3, -0.25) is 14.5 Å². The minimum Gasteiger partial charge on any atom is -0.507 e. The van der Waals surface area contributed by atoms with E-state index in [0.29, 0.717) is 41.4 Å². The van der Waals surface area contributed by atoms with Crippen LogP contribution >= 0.6 is 11.3 Å². The summed E-state index contributed by atoms with van der Waals surface area (Å²) in [4.78, 5) is 33.1. The van der Waals surface area contributed by atoms with Gasteiger partial charge in [-0.15, -0.1) is 0 Å². The largest absolute Gasteiger partial charge is 0.507 e. The van der Waals surface area contributed by atoms with Crippen molar-refractivity contribution >= 4 is 44.1 Å². The van der Waals surface area contributed by atoms with E-state index < -0.39 is 17.7 Å². The molecular weight excluding hydrogens is 532 g/mol. The van der Waals surface area contributed by atoms with Crippen molar-refractivity contribution in [1.82, 2.24) is 4.98 Å². The lowest BCUT2D eigenvalue weighted by Gasteiger charge is -2.23. The number of hydrogen-bond donors (Lipinski definition) is 2. The second-order valence-corrected chi connectivity index (χ2v) is 10.0. The van der Waals surface area contributed by atoms with E-state index in [9.17, 15) is 19.8 Å². The summed E-state index contributed by atoms with van der Waals surface area (Å²) in [6.45, 7) is 4.86. The number of aromatic hydroxyl groups is 1. The Kier molecular flexibility index (Phi) is 7.61. The Morgan fingerprint density at radius 2 is 1.82 bits per heavy atom. The van der Waals surface area contributed by atoms with Crippen molar-refractivity contribution in [2.75, 3.05) is 25.2 Å². The van der Waals surface area contributed by atoms with Gasteiger partial charge in [-0.1, -0.05) is 36.5 Å². The maximum atomic E-state index is 13.6. The third kappa shape index (κ3) is 4.93. The number of benzene rings is 3. The van der Waals surface area contributed by atoms with Crippen molar-refractivity contribution < 1.29 is 34.0 Å².